The second-order valence-electron chi connectivity index (χ2n) is 4.09. The van der Waals surface area contributed by atoms with Crippen molar-refractivity contribution in [1.82, 2.24) is 9.80 Å². The standard InChI is InChI=1S/C10H22N2/c1-5-11(3)10-7-6-9(2)12(4)8-10/h9-10H,5-8H2,1-4H3. The molecule has 0 radical (unpaired) electrons. The fourth-order valence-electron chi connectivity index (χ4n) is 1.88. The van der Waals surface area contributed by atoms with Crippen molar-refractivity contribution in [1.29, 1.82) is 0 Å². The average molecular weight is 170 g/mol. The maximum atomic E-state index is 2.47. The predicted molar refractivity (Wildman–Crippen MR) is 53.4 cm³/mol. The van der Waals surface area contributed by atoms with E-state index in [0.29, 0.717) is 0 Å². The van der Waals surface area contributed by atoms with Crippen LogP contribution in [0.25, 0.3) is 0 Å². The fourth-order valence-corrected chi connectivity index (χ4v) is 1.88. The van der Waals surface area contributed by atoms with Crippen molar-refractivity contribution in [2.45, 2.75) is 38.8 Å². The van der Waals surface area contributed by atoms with Gasteiger partial charge in [0.15, 0.2) is 0 Å². The van der Waals surface area contributed by atoms with Gasteiger partial charge in [-0.25, -0.2) is 0 Å². The molecule has 0 N–H and O–H groups in total. The van der Waals surface area contributed by atoms with Crippen LogP contribution in [0.4, 0.5) is 0 Å². The van der Waals surface area contributed by atoms with E-state index in [1.807, 2.05) is 0 Å². The molecule has 0 amide bonds. The van der Waals surface area contributed by atoms with E-state index in [0.717, 1.165) is 12.1 Å². The van der Waals surface area contributed by atoms with Crippen LogP contribution in [0.15, 0.2) is 0 Å². The molecular weight excluding hydrogens is 148 g/mol. The lowest BCUT2D eigenvalue weighted by Gasteiger charge is -2.39. The van der Waals surface area contributed by atoms with Crippen LogP contribution in [0.2, 0.25) is 0 Å². The van der Waals surface area contributed by atoms with E-state index >= 15 is 0 Å². The molecule has 12 heavy (non-hydrogen) atoms. The highest BCUT2D eigenvalue weighted by atomic mass is 15.2. The number of hydrogen-bond donors (Lipinski definition) is 0. The lowest BCUT2D eigenvalue weighted by molar-refractivity contribution is 0.103. The summed E-state index contributed by atoms with van der Waals surface area (Å²) in [5.74, 6) is 0. The summed E-state index contributed by atoms with van der Waals surface area (Å²) in [5.41, 5.74) is 0. The summed E-state index contributed by atoms with van der Waals surface area (Å²) in [6.07, 6.45) is 2.72. The van der Waals surface area contributed by atoms with E-state index in [4.69, 9.17) is 0 Å². The monoisotopic (exact) mass is 170 g/mol. The van der Waals surface area contributed by atoms with Gasteiger partial charge in [0.25, 0.3) is 0 Å². The average Bonchev–Trinajstić information content (AvgIpc) is 2.08. The molecule has 1 rings (SSSR count). The summed E-state index contributed by atoms with van der Waals surface area (Å²) in [5, 5.41) is 0. The molecule has 0 saturated carbocycles. The summed E-state index contributed by atoms with van der Waals surface area (Å²) < 4.78 is 0. The number of nitrogens with zero attached hydrogens (tertiary/aromatic N) is 2. The molecule has 2 heteroatoms. The van der Waals surface area contributed by atoms with Crippen LogP contribution in [-0.4, -0.2) is 49.1 Å². The second kappa shape index (κ2) is 4.24. The van der Waals surface area contributed by atoms with Crippen LogP contribution in [0.5, 0.6) is 0 Å². The topological polar surface area (TPSA) is 6.48 Å². The third-order valence-electron chi connectivity index (χ3n) is 3.29. The van der Waals surface area contributed by atoms with Crippen molar-refractivity contribution in [3.63, 3.8) is 0 Å². The quantitative estimate of drug-likeness (QED) is 0.618. The summed E-state index contributed by atoms with van der Waals surface area (Å²) in [6, 6.07) is 1.57. The maximum Gasteiger partial charge on any atom is 0.0220 e. The Hall–Kier alpha value is -0.0800. The van der Waals surface area contributed by atoms with Crippen molar-refractivity contribution in [3.8, 4) is 0 Å². The van der Waals surface area contributed by atoms with Gasteiger partial charge in [-0.2, -0.15) is 0 Å². The first-order valence-corrected chi connectivity index (χ1v) is 5.05. The van der Waals surface area contributed by atoms with E-state index < -0.39 is 0 Å². The van der Waals surface area contributed by atoms with Crippen molar-refractivity contribution in [3.05, 3.63) is 0 Å². The zero-order valence-electron chi connectivity index (χ0n) is 8.88. The van der Waals surface area contributed by atoms with Gasteiger partial charge in [0.2, 0.25) is 0 Å². The molecule has 0 spiro atoms. The fraction of sp³-hybridized carbons (Fsp3) is 1.00. The molecule has 2 nitrogen and oxygen atoms in total. The molecule has 2 unspecified atom stereocenters. The highest BCUT2D eigenvalue weighted by Gasteiger charge is 2.24. The van der Waals surface area contributed by atoms with Crippen LogP contribution in [0.3, 0.4) is 0 Å². The minimum Gasteiger partial charge on any atom is -0.302 e. The Kier molecular flexibility index (Phi) is 3.53. The lowest BCUT2D eigenvalue weighted by atomic mass is 9.99. The SMILES string of the molecule is CCN(C)C1CCC(C)N(C)C1. The van der Waals surface area contributed by atoms with E-state index in [1.54, 1.807) is 0 Å². The highest BCUT2D eigenvalue weighted by Crippen LogP contribution is 2.18. The minimum atomic E-state index is 0.784. The van der Waals surface area contributed by atoms with E-state index in [-0.39, 0.29) is 0 Å². The summed E-state index contributed by atoms with van der Waals surface area (Å²) >= 11 is 0. The molecular formula is C10H22N2. The minimum absolute atomic E-state index is 0.784. The van der Waals surface area contributed by atoms with Crippen LogP contribution < -0.4 is 0 Å². The molecule has 1 aliphatic heterocycles. The van der Waals surface area contributed by atoms with Crippen LogP contribution >= 0.6 is 0 Å². The Labute approximate surface area is 76.5 Å². The first-order chi connectivity index (χ1) is 5.65. The van der Waals surface area contributed by atoms with Crippen LogP contribution in [-0.2, 0) is 0 Å². The van der Waals surface area contributed by atoms with Gasteiger partial charge >= 0.3 is 0 Å². The van der Waals surface area contributed by atoms with E-state index in [2.05, 4.69) is 37.7 Å². The normalized spacial score (nSPS) is 32.8. The Morgan fingerprint density at radius 1 is 1.42 bits per heavy atom. The van der Waals surface area contributed by atoms with Gasteiger partial charge in [0.05, 0.1) is 0 Å². The molecule has 1 aliphatic rings. The van der Waals surface area contributed by atoms with Crippen molar-refractivity contribution in [2.75, 3.05) is 27.2 Å². The molecule has 0 aromatic carbocycles. The Morgan fingerprint density at radius 2 is 2.08 bits per heavy atom. The van der Waals surface area contributed by atoms with Gasteiger partial charge in [-0.05, 0) is 40.4 Å². The first kappa shape index (κ1) is 10.0. The zero-order valence-corrected chi connectivity index (χ0v) is 8.88. The van der Waals surface area contributed by atoms with E-state index in [1.165, 1.54) is 25.9 Å². The van der Waals surface area contributed by atoms with Gasteiger partial charge in [-0.1, -0.05) is 6.92 Å². The van der Waals surface area contributed by atoms with Crippen molar-refractivity contribution in [2.24, 2.45) is 0 Å². The smallest absolute Gasteiger partial charge is 0.0220 e. The largest absolute Gasteiger partial charge is 0.302 e. The molecule has 72 valence electrons. The molecule has 0 bridgehead atoms. The van der Waals surface area contributed by atoms with Gasteiger partial charge < -0.3 is 9.80 Å². The highest BCUT2D eigenvalue weighted by molar-refractivity contribution is 4.81. The molecule has 1 fully saturated rings. The zero-order chi connectivity index (χ0) is 9.14. The number of hydrogen-bond acceptors (Lipinski definition) is 2. The lowest BCUT2D eigenvalue weighted by Crippen LogP contribution is -2.48. The Morgan fingerprint density at radius 3 is 2.58 bits per heavy atom. The van der Waals surface area contributed by atoms with Crippen LogP contribution in [0.1, 0.15) is 26.7 Å². The summed E-state index contributed by atoms with van der Waals surface area (Å²) in [7, 11) is 4.47. The molecule has 2 atom stereocenters. The molecule has 1 heterocycles. The Balaban J connectivity index is 2.39. The number of likely N-dealkylation sites (tertiary alicyclic amines) is 1. The number of likely N-dealkylation sites (N-methyl/N-ethyl adjacent to an activating group) is 2. The number of rotatable bonds is 2. The predicted octanol–water partition coefficient (Wildman–Crippen LogP) is 1.42. The van der Waals surface area contributed by atoms with Gasteiger partial charge in [0.1, 0.15) is 0 Å². The molecule has 1 saturated heterocycles. The maximum absolute atomic E-state index is 2.47. The third-order valence-corrected chi connectivity index (χ3v) is 3.29. The second-order valence-corrected chi connectivity index (χ2v) is 4.09. The molecule has 0 aliphatic carbocycles. The Bertz CT molecular complexity index is 136. The summed E-state index contributed by atoms with van der Waals surface area (Å²) in [4.78, 5) is 4.93. The molecule has 0 aromatic heterocycles. The van der Waals surface area contributed by atoms with Crippen molar-refractivity contribution < 1.29 is 0 Å². The summed E-state index contributed by atoms with van der Waals surface area (Å²) in [6.45, 7) is 6.97. The molecule has 0 aromatic rings. The van der Waals surface area contributed by atoms with Gasteiger partial charge in [0, 0.05) is 18.6 Å². The van der Waals surface area contributed by atoms with Gasteiger partial charge in [-0.15, -0.1) is 0 Å². The van der Waals surface area contributed by atoms with Crippen LogP contribution in [0, 0.1) is 0 Å². The van der Waals surface area contributed by atoms with E-state index in [9.17, 15) is 0 Å². The third kappa shape index (κ3) is 2.20. The number of piperidine rings is 1. The van der Waals surface area contributed by atoms with Gasteiger partial charge in [-0.3, -0.25) is 0 Å². The van der Waals surface area contributed by atoms with Crippen molar-refractivity contribution >= 4 is 0 Å². The first-order valence-electron chi connectivity index (χ1n) is 5.05.